The number of Topliss-reactive ketones (excluding diaryl/α,β-unsaturated/α-hetero) is 1. The molecule has 0 aliphatic rings. The van der Waals surface area contributed by atoms with Gasteiger partial charge in [-0.1, -0.05) is 0 Å². The van der Waals surface area contributed by atoms with Crippen LogP contribution in [0.15, 0.2) is 34.9 Å². The summed E-state index contributed by atoms with van der Waals surface area (Å²) in [5.41, 5.74) is 1.01. The van der Waals surface area contributed by atoms with Crippen LogP contribution in [0.25, 0.3) is 11.5 Å². The van der Waals surface area contributed by atoms with Crippen LogP contribution in [-0.4, -0.2) is 23.4 Å². The fraction of sp³-hybridized carbons (Fsp3) is 0.231. The highest BCUT2D eigenvalue weighted by atomic mass is 16.5. The smallest absolute Gasteiger partial charge is 0.354 e. The summed E-state index contributed by atoms with van der Waals surface area (Å²) < 4.78 is 11.6. The summed E-state index contributed by atoms with van der Waals surface area (Å²) in [7, 11) is 1.31. The van der Waals surface area contributed by atoms with Crippen molar-refractivity contribution in [1.29, 1.82) is 0 Å². The monoisotopic (exact) mass is 247 g/mol. The summed E-state index contributed by atoms with van der Waals surface area (Å²) in [6, 6.07) is 6.87. The Balaban J connectivity index is 2.50. The van der Waals surface area contributed by atoms with Crippen LogP contribution in [0, 0.1) is 0 Å². The van der Waals surface area contributed by atoms with Gasteiger partial charge in [-0.15, -0.1) is 0 Å². The zero-order valence-electron chi connectivity index (χ0n) is 10.2. The first-order chi connectivity index (χ1) is 8.63. The molecule has 2 aromatic rings. The predicted octanol–water partition coefficient (Wildman–Crippen LogP) is 2.12. The van der Waals surface area contributed by atoms with Crippen LogP contribution in [0.5, 0.6) is 0 Å². The van der Waals surface area contributed by atoms with Gasteiger partial charge in [-0.3, -0.25) is 4.79 Å². The summed E-state index contributed by atoms with van der Waals surface area (Å²) in [5.74, 6) is 0.0737. The van der Waals surface area contributed by atoms with Crippen LogP contribution in [0.2, 0.25) is 0 Å². The standard InChI is InChI=1S/C13H13NO4/c1-9(15)8-14-10(12-4-3-7-18-12)5-6-11(14)13(16)17-2/h3-7H,8H2,1-2H3. The zero-order valence-corrected chi connectivity index (χ0v) is 10.2. The van der Waals surface area contributed by atoms with Crippen LogP contribution < -0.4 is 0 Å². The van der Waals surface area contributed by atoms with Crippen molar-refractivity contribution in [1.82, 2.24) is 4.57 Å². The van der Waals surface area contributed by atoms with Crippen LogP contribution in [0.4, 0.5) is 0 Å². The van der Waals surface area contributed by atoms with E-state index in [9.17, 15) is 9.59 Å². The first-order valence-electron chi connectivity index (χ1n) is 5.44. The third-order valence-corrected chi connectivity index (χ3v) is 2.53. The van der Waals surface area contributed by atoms with Crippen LogP contribution >= 0.6 is 0 Å². The van der Waals surface area contributed by atoms with Crippen molar-refractivity contribution in [2.75, 3.05) is 7.11 Å². The molecule has 18 heavy (non-hydrogen) atoms. The molecule has 0 bridgehead atoms. The summed E-state index contributed by atoms with van der Waals surface area (Å²) >= 11 is 0. The highest BCUT2D eigenvalue weighted by Gasteiger charge is 2.18. The molecule has 0 aromatic carbocycles. The van der Waals surface area contributed by atoms with Gasteiger partial charge >= 0.3 is 5.97 Å². The Bertz CT molecular complexity index is 566. The molecule has 0 aliphatic carbocycles. The Morgan fingerprint density at radius 1 is 1.33 bits per heavy atom. The lowest BCUT2D eigenvalue weighted by Gasteiger charge is -2.09. The van der Waals surface area contributed by atoms with E-state index in [1.165, 1.54) is 20.3 Å². The molecule has 0 saturated heterocycles. The SMILES string of the molecule is COC(=O)c1ccc(-c2ccco2)n1CC(C)=O. The van der Waals surface area contributed by atoms with Gasteiger partial charge in [-0.2, -0.15) is 0 Å². The molecular weight excluding hydrogens is 234 g/mol. The highest BCUT2D eigenvalue weighted by Crippen LogP contribution is 2.23. The molecular formula is C13H13NO4. The number of esters is 1. The molecule has 0 atom stereocenters. The number of rotatable bonds is 4. The number of hydrogen-bond donors (Lipinski definition) is 0. The number of ether oxygens (including phenoxy) is 1. The van der Waals surface area contributed by atoms with E-state index in [2.05, 4.69) is 4.74 Å². The molecule has 0 spiro atoms. The molecule has 0 aliphatic heterocycles. The molecule has 5 heteroatoms. The molecule has 2 heterocycles. The fourth-order valence-corrected chi connectivity index (χ4v) is 1.78. The third-order valence-electron chi connectivity index (χ3n) is 2.53. The van der Waals surface area contributed by atoms with Gasteiger partial charge in [0, 0.05) is 0 Å². The molecule has 5 nitrogen and oxygen atoms in total. The van der Waals surface area contributed by atoms with Gasteiger partial charge in [0.1, 0.15) is 17.2 Å². The number of carbonyl (C=O) groups is 2. The van der Waals surface area contributed by atoms with E-state index in [1.807, 2.05) is 0 Å². The average molecular weight is 247 g/mol. The zero-order chi connectivity index (χ0) is 13.1. The van der Waals surface area contributed by atoms with Gasteiger partial charge < -0.3 is 13.7 Å². The quantitative estimate of drug-likeness (QED) is 0.776. The lowest BCUT2D eigenvalue weighted by Crippen LogP contribution is -2.15. The van der Waals surface area contributed by atoms with E-state index >= 15 is 0 Å². The number of hydrogen-bond acceptors (Lipinski definition) is 4. The second-order valence-electron chi connectivity index (χ2n) is 3.86. The Morgan fingerprint density at radius 3 is 2.67 bits per heavy atom. The van der Waals surface area contributed by atoms with Gasteiger partial charge in [0.2, 0.25) is 0 Å². The number of furan rings is 1. The Hall–Kier alpha value is -2.30. The van der Waals surface area contributed by atoms with Gasteiger partial charge in [0.05, 0.1) is 25.6 Å². The molecule has 0 saturated carbocycles. The lowest BCUT2D eigenvalue weighted by atomic mass is 10.3. The summed E-state index contributed by atoms with van der Waals surface area (Å²) in [6.07, 6.45) is 1.54. The van der Waals surface area contributed by atoms with Crippen molar-refractivity contribution in [3.63, 3.8) is 0 Å². The number of nitrogens with zero attached hydrogens (tertiary/aromatic N) is 1. The second-order valence-corrected chi connectivity index (χ2v) is 3.86. The Kier molecular flexibility index (Phi) is 3.32. The van der Waals surface area contributed by atoms with Crippen LogP contribution in [0.3, 0.4) is 0 Å². The normalized spacial score (nSPS) is 10.3. The predicted molar refractivity (Wildman–Crippen MR) is 64.2 cm³/mol. The molecule has 2 rings (SSSR count). The van der Waals surface area contributed by atoms with E-state index in [1.54, 1.807) is 28.8 Å². The van der Waals surface area contributed by atoms with Crippen molar-refractivity contribution in [2.45, 2.75) is 13.5 Å². The van der Waals surface area contributed by atoms with Crippen molar-refractivity contribution in [2.24, 2.45) is 0 Å². The maximum absolute atomic E-state index is 11.6. The molecule has 0 unspecified atom stereocenters. The molecule has 94 valence electrons. The van der Waals surface area contributed by atoms with Crippen molar-refractivity contribution < 1.29 is 18.7 Å². The summed E-state index contributed by atoms with van der Waals surface area (Å²) in [5, 5.41) is 0. The van der Waals surface area contributed by atoms with Gasteiger partial charge in [-0.25, -0.2) is 4.79 Å². The third kappa shape index (κ3) is 2.20. The molecule has 0 N–H and O–H groups in total. The Morgan fingerprint density at radius 2 is 2.11 bits per heavy atom. The lowest BCUT2D eigenvalue weighted by molar-refractivity contribution is -0.117. The molecule has 0 fully saturated rings. The first kappa shape index (κ1) is 12.2. The minimum atomic E-state index is -0.478. The van der Waals surface area contributed by atoms with E-state index in [4.69, 9.17) is 4.42 Å². The van der Waals surface area contributed by atoms with Crippen molar-refractivity contribution in [3.05, 3.63) is 36.2 Å². The first-order valence-corrected chi connectivity index (χ1v) is 5.44. The number of carbonyl (C=O) groups excluding carboxylic acids is 2. The van der Waals surface area contributed by atoms with E-state index in [-0.39, 0.29) is 12.3 Å². The number of methoxy groups -OCH3 is 1. The van der Waals surface area contributed by atoms with Gasteiger partial charge in [-0.05, 0) is 31.2 Å². The topological polar surface area (TPSA) is 61.4 Å². The molecule has 2 aromatic heterocycles. The number of aromatic nitrogens is 1. The highest BCUT2D eigenvalue weighted by molar-refractivity contribution is 5.90. The van der Waals surface area contributed by atoms with Gasteiger partial charge in [0.25, 0.3) is 0 Å². The average Bonchev–Trinajstić information content (AvgIpc) is 2.95. The van der Waals surface area contributed by atoms with Crippen LogP contribution in [-0.2, 0) is 16.1 Å². The molecule has 0 amide bonds. The second kappa shape index (κ2) is 4.91. The van der Waals surface area contributed by atoms with E-state index in [0.29, 0.717) is 17.1 Å². The Labute approximate surface area is 104 Å². The summed E-state index contributed by atoms with van der Waals surface area (Å²) in [6.45, 7) is 1.57. The maximum atomic E-state index is 11.6. The van der Waals surface area contributed by atoms with Gasteiger partial charge in [0.15, 0.2) is 0 Å². The summed E-state index contributed by atoms with van der Waals surface area (Å²) in [4.78, 5) is 22.9. The van der Waals surface area contributed by atoms with Crippen molar-refractivity contribution in [3.8, 4) is 11.5 Å². The minimum absolute atomic E-state index is 0.0517. The number of ketones is 1. The molecule has 0 radical (unpaired) electrons. The van der Waals surface area contributed by atoms with E-state index < -0.39 is 5.97 Å². The van der Waals surface area contributed by atoms with E-state index in [0.717, 1.165) is 0 Å². The van der Waals surface area contributed by atoms with Crippen LogP contribution in [0.1, 0.15) is 17.4 Å². The largest absolute Gasteiger partial charge is 0.464 e. The minimum Gasteiger partial charge on any atom is -0.464 e. The maximum Gasteiger partial charge on any atom is 0.354 e. The van der Waals surface area contributed by atoms with Crippen molar-refractivity contribution >= 4 is 11.8 Å². The fourth-order valence-electron chi connectivity index (χ4n) is 1.78.